The second-order valence-electron chi connectivity index (χ2n) is 4.60. The summed E-state index contributed by atoms with van der Waals surface area (Å²) in [6.07, 6.45) is 6.16. The minimum Gasteiger partial charge on any atom is -0.355 e. The van der Waals surface area contributed by atoms with Crippen LogP contribution in [0.3, 0.4) is 0 Å². The maximum absolute atomic E-state index is 11.8. The average molecular weight is 306 g/mol. The van der Waals surface area contributed by atoms with Crippen molar-refractivity contribution >= 4 is 23.2 Å². The van der Waals surface area contributed by atoms with Crippen molar-refractivity contribution in [1.29, 1.82) is 0 Å². The van der Waals surface area contributed by atoms with Crippen LogP contribution in [0.4, 0.5) is 0 Å². The zero-order valence-corrected chi connectivity index (χ0v) is 12.7. The van der Waals surface area contributed by atoms with Gasteiger partial charge >= 0.3 is 0 Å². The molecule has 0 aromatic carbocycles. The van der Waals surface area contributed by atoms with E-state index in [0.29, 0.717) is 11.4 Å². The molecular formula is C14H18N4O2S. The first-order valence-corrected chi connectivity index (χ1v) is 7.54. The first kappa shape index (κ1) is 15.2. The van der Waals surface area contributed by atoms with Crippen molar-refractivity contribution in [1.82, 2.24) is 20.2 Å². The van der Waals surface area contributed by atoms with Crippen LogP contribution < -0.4 is 10.6 Å². The third-order valence-corrected chi connectivity index (χ3v) is 3.85. The smallest absolute Gasteiger partial charge is 0.261 e. The standard InChI is InChI=1S/C14H18N4O2S/c1-11-3-4-12(21-11)14(20)17-9-13(19)16-5-2-7-18-8-6-15-10-18/h3-4,6,8,10H,2,5,7,9H2,1H3,(H,16,19)(H,17,20). The summed E-state index contributed by atoms with van der Waals surface area (Å²) in [6, 6.07) is 3.65. The van der Waals surface area contributed by atoms with Gasteiger partial charge in [0.15, 0.2) is 0 Å². The number of hydrogen-bond acceptors (Lipinski definition) is 4. The first-order chi connectivity index (χ1) is 10.1. The predicted molar refractivity (Wildman–Crippen MR) is 81.2 cm³/mol. The van der Waals surface area contributed by atoms with Crippen LogP contribution in [0.15, 0.2) is 30.9 Å². The molecular weight excluding hydrogens is 288 g/mol. The van der Waals surface area contributed by atoms with E-state index in [1.807, 2.05) is 23.8 Å². The van der Waals surface area contributed by atoms with Crippen molar-refractivity contribution < 1.29 is 9.59 Å². The van der Waals surface area contributed by atoms with Gasteiger partial charge in [-0.05, 0) is 25.5 Å². The molecule has 0 aliphatic rings. The molecule has 0 saturated heterocycles. The van der Waals surface area contributed by atoms with Crippen molar-refractivity contribution in [2.45, 2.75) is 19.9 Å². The summed E-state index contributed by atoms with van der Waals surface area (Å²) in [7, 11) is 0. The molecule has 2 aromatic rings. The Morgan fingerprint density at radius 3 is 2.86 bits per heavy atom. The Hall–Kier alpha value is -2.15. The molecule has 112 valence electrons. The Morgan fingerprint density at radius 1 is 1.33 bits per heavy atom. The lowest BCUT2D eigenvalue weighted by Gasteiger charge is -2.06. The van der Waals surface area contributed by atoms with E-state index in [1.165, 1.54) is 11.3 Å². The fraction of sp³-hybridized carbons (Fsp3) is 0.357. The number of carbonyl (C=O) groups excluding carboxylic acids is 2. The van der Waals surface area contributed by atoms with Gasteiger partial charge in [-0.3, -0.25) is 9.59 Å². The van der Waals surface area contributed by atoms with E-state index in [4.69, 9.17) is 0 Å². The third-order valence-electron chi connectivity index (χ3n) is 2.85. The molecule has 0 aliphatic carbocycles. The van der Waals surface area contributed by atoms with Crippen LogP contribution in [0.2, 0.25) is 0 Å². The second-order valence-corrected chi connectivity index (χ2v) is 5.88. The Kier molecular flexibility index (Phi) is 5.51. The van der Waals surface area contributed by atoms with Gasteiger partial charge in [-0.2, -0.15) is 0 Å². The first-order valence-electron chi connectivity index (χ1n) is 6.72. The zero-order valence-electron chi connectivity index (χ0n) is 11.8. The quantitative estimate of drug-likeness (QED) is 0.754. The fourth-order valence-electron chi connectivity index (χ4n) is 1.78. The number of rotatable bonds is 7. The van der Waals surface area contributed by atoms with Crippen molar-refractivity contribution in [3.05, 3.63) is 40.6 Å². The summed E-state index contributed by atoms with van der Waals surface area (Å²) in [4.78, 5) is 29.0. The highest BCUT2D eigenvalue weighted by Gasteiger charge is 2.09. The number of imidazole rings is 1. The number of nitrogens with one attached hydrogen (secondary N) is 2. The minimum absolute atomic E-state index is 0.000850. The highest BCUT2D eigenvalue weighted by molar-refractivity contribution is 7.13. The monoisotopic (exact) mass is 306 g/mol. The Labute approximate surface area is 127 Å². The highest BCUT2D eigenvalue weighted by Crippen LogP contribution is 2.14. The van der Waals surface area contributed by atoms with Crippen LogP contribution in [0.1, 0.15) is 21.0 Å². The summed E-state index contributed by atoms with van der Waals surface area (Å²) in [6.45, 7) is 3.32. The molecule has 0 unspecified atom stereocenters. The molecule has 6 nitrogen and oxygen atoms in total. The predicted octanol–water partition coefficient (Wildman–Crippen LogP) is 1.19. The van der Waals surface area contributed by atoms with E-state index < -0.39 is 0 Å². The second kappa shape index (κ2) is 7.58. The maximum atomic E-state index is 11.8. The van der Waals surface area contributed by atoms with Crippen molar-refractivity contribution in [2.75, 3.05) is 13.1 Å². The lowest BCUT2D eigenvalue weighted by atomic mass is 10.4. The van der Waals surface area contributed by atoms with E-state index in [1.54, 1.807) is 18.6 Å². The molecule has 2 amide bonds. The lowest BCUT2D eigenvalue weighted by molar-refractivity contribution is -0.120. The topological polar surface area (TPSA) is 76.0 Å². The van der Waals surface area contributed by atoms with E-state index in [2.05, 4.69) is 15.6 Å². The summed E-state index contributed by atoms with van der Waals surface area (Å²) >= 11 is 1.42. The number of carbonyl (C=O) groups is 2. The molecule has 0 radical (unpaired) electrons. The minimum atomic E-state index is -0.207. The van der Waals surface area contributed by atoms with Crippen LogP contribution >= 0.6 is 11.3 Å². The Bertz CT molecular complexity index is 592. The molecule has 0 spiro atoms. The molecule has 0 saturated carbocycles. The van der Waals surface area contributed by atoms with Crippen molar-refractivity contribution in [2.24, 2.45) is 0 Å². The highest BCUT2D eigenvalue weighted by atomic mass is 32.1. The van der Waals surface area contributed by atoms with Gasteiger partial charge in [0, 0.05) is 30.4 Å². The molecule has 7 heteroatoms. The summed E-state index contributed by atoms with van der Waals surface area (Å²) < 4.78 is 1.95. The average Bonchev–Trinajstić information content (AvgIpc) is 3.12. The number of aryl methyl sites for hydroxylation is 2. The molecule has 0 aliphatic heterocycles. The van der Waals surface area contributed by atoms with Gasteiger partial charge < -0.3 is 15.2 Å². The maximum Gasteiger partial charge on any atom is 0.261 e. The van der Waals surface area contributed by atoms with E-state index in [9.17, 15) is 9.59 Å². The van der Waals surface area contributed by atoms with Crippen LogP contribution in [0, 0.1) is 6.92 Å². The van der Waals surface area contributed by atoms with E-state index in [0.717, 1.165) is 17.8 Å². The van der Waals surface area contributed by atoms with Gasteiger partial charge in [-0.1, -0.05) is 0 Å². The summed E-state index contributed by atoms with van der Waals surface area (Å²) in [5.74, 6) is -0.385. The number of hydrogen-bond donors (Lipinski definition) is 2. The molecule has 0 atom stereocenters. The van der Waals surface area contributed by atoms with E-state index in [-0.39, 0.29) is 18.4 Å². The fourth-order valence-corrected chi connectivity index (χ4v) is 2.56. The van der Waals surface area contributed by atoms with Gasteiger partial charge in [0.1, 0.15) is 0 Å². The normalized spacial score (nSPS) is 10.3. The Morgan fingerprint density at radius 2 is 2.19 bits per heavy atom. The van der Waals surface area contributed by atoms with Gasteiger partial charge in [-0.25, -0.2) is 4.98 Å². The lowest BCUT2D eigenvalue weighted by Crippen LogP contribution is -2.37. The zero-order chi connectivity index (χ0) is 15.1. The van der Waals surface area contributed by atoms with Gasteiger partial charge in [0.2, 0.25) is 5.91 Å². The molecule has 2 N–H and O–H groups in total. The number of aromatic nitrogens is 2. The van der Waals surface area contributed by atoms with Crippen LogP contribution in [0.5, 0.6) is 0 Å². The van der Waals surface area contributed by atoms with Crippen LogP contribution in [0.25, 0.3) is 0 Å². The largest absolute Gasteiger partial charge is 0.355 e. The molecule has 0 bridgehead atoms. The molecule has 2 rings (SSSR count). The van der Waals surface area contributed by atoms with E-state index >= 15 is 0 Å². The van der Waals surface area contributed by atoms with Crippen LogP contribution in [-0.2, 0) is 11.3 Å². The summed E-state index contributed by atoms with van der Waals surface area (Å²) in [5, 5.41) is 5.38. The van der Waals surface area contributed by atoms with Gasteiger partial charge in [0.05, 0.1) is 17.7 Å². The van der Waals surface area contributed by atoms with Crippen molar-refractivity contribution in [3.8, 4) is 0 Å². The number of thiophene rings is 1. The Balaban J connectivity index is 1.60. The molecule has 2 heterocycles. The molecule has 0 fully saturated rings. The third kappa shape index (κ3) is 5.03. The van der Waals surface area contributed by atoms with Crippen molar-refractivity contribution in [3.63, 3.8) is 0 Å². The number of amides is 2. The molecule has 2 aromatic heterocycles. The number of nitrogens with zero attached hydrogens (tertiary/aromatic N) is 2. The SMILES string of the molecule is Cc1ccc(C(=O)NCC(=O)NCCCn2ccnc2)s1. The van der Waals surface area contributed by atoms with Gasteiger partial charge in [0.25, 0.3) is 5.91 Å². The summed E-state index contributed by atoms with van der Waals surface area (Å²) in [5.41, 5.74) is 0. The molecule has 21 heavy (non-hydrogen) atoms. The van der Waals surface area contributed by atoms with Gasteiger partial charge in [-0.15, -0.1) is 11.3 Å². The van der Waals surface area contributed by atoms with Crippen LogP contribution in [-0.4, -0.2) is 34.5 Å².